The second-order valence-electron chi connectivity index (χ2n) is 15.4. The Kier molecular flexibility index (Phi) is 5.76. The van der Waals surface area contributed by atoms with E-state index in [0.29, 0.717) is 12.8 Å². The smallest absolute Gasteiger partial charge is 0.251 e. The van der Waals surface area contributed by atoms with Crippen LogP contribution in [-0.4, -0.2) is 40.5 Å². The number of ketones is 1. The molecule has 6 heteroatoms. The van der Waals surface area contributed by atoms with Gasteiger partial charge in [-0.1, -0.05) is 40.2 Å². The Morgan fingerprint density at radius 2 is 1.62 bits per heavy atom. The molecule has 0 bridgehead atoms. The largest absolute Gasteiger partial charge is 0.351 e. The Balaban J connectivity index is 1.61. The third-order valence-corrected chi connectivity index (χ3v) is 12.9. The second-order valence-corrected chi connectivity index (χ2v) is 15.4. The highest BCUT2D eigenvalue weighted by molar-refractivity contribution is 5.96. The zero-order valence-electron chi connectivity index (χ0n) is 24.3. The Morgan fingerprint density at radius 1 is 0.973 bits per heavy atom. The van der Waals surface area contributed by atoms with Gasteiger partial charge in [-0.2, -0.15) is 0 Å². The van der Waals surface area contributed by atoms with Crippen molar-refractivity contribution in [3.8, 4) is 0 Å². The Labute approximate surface area is 223 Å². The fourth-order valence-corrected chi connectivity index (χ4v) is 10.6. The molecule has 8 atom stereocenters. The van der Waals surface area contributed by atoms with Gasteiger partial charge in [0.15, 0.2) is 5.78 Å². The first-order chi connectivity index (χ1) is 16.9. The number of carbonyl (C=O) groups is 3. The zero-order chi connectivity index (χ0) is 27.4. The molecular weight excluding hydrogens is 464 g/mol. The van der Waals surface area contributed by atoms with Crippen LogP contribution in [0.2, 0.25) is 0 Å². The second kappa shape index (κ2) is 7.92. The molecule has 0 spiro atoms. The average Bonchev–Trinajstić information content (AvgIpc) is 2.88. The van der Waals surface area contributed by atoms with Crippen molar-refractivity contribution in [1.29, 1.82) is 0 Å². The van der Waals surface area contributed by atoms with E-state index in [1.165, 1.54) is 12.6 Å². The highest BCUT2D eigenvalue weighted by Gasteiger charge is 2.69. The molecule has 2 amide bonds. The molecule has 37 heavy (non-hydrogen) atoms. The lowest BCUT2D eigenvalue weighted by atomic mass is 9.35. The van der Waals surface area contributed by atoms with E-state index < -0.39 is 5.41 Å². The molecule has 0 aromatic rings. The number of hydroxylamine groups is 2. The van der Waals surface area contributed by atoms with Gasteiger partial charge in [-0.05, 0) is 105 Å². The monoisotopic (exact) mass is 512 g/mol. The van der Waals surface area contributed by atoms with Crippen LogP contribution >= 0.6 is 0 Å². The van der Waals surface area contributed by atoms with Gasteiger partial charge in [-0.15, -0.1) is 0 Å². The summed E-state index contributed by atoms with van der Waals surface area (Å²) >= 11 is 0. The molecule has 0 radical (unpaired) electrons. The molecule has 3 saturated carbocycles. The summed E-state index contributed by atoms with van der Waals surface area (Å²) in [5, 5.41) is 14.1. The van der Waals surface area contributed by atoms with Gasteiger partial charge in [0.05, 0.1) is 0 Å². The lowest BCUT2D eigenvalue weighted by Gasteiger charge is -2.69. The molecule has 2 N–H and O–H groups in total. The fourth-order valence-electron chi connectivity index (χ4n) is 10.6. The molecule has 8 unspecified atom stereocenters. The average molecular weight is 513 g/mol. The van der Waals surface area contributed by atoms with E-state index in [1.807, 2.05) is 13.0 Å². The Morgan fingerprint density at radius 3 is 2.27 bits per heavy atom. The van der Waals surface area contributed by atoms with Crippen molar-refractivity contribution in [2.45, 2.75) is 112 Å². The first-order valence-corrected chi connectivity index (χ1v) is 14.5. The van der Waals surface area contributed by atoms with E-state index in [0.717, 1.165) is 50.0 Å². The van der Waals surface area contributed by atoms with Crippen LogP contribution in [0.3, 0.4) is 0 Å². The van der Waals surface area contributed by atoms with Crippen LogP contribution in [0, 0.1) is 44.8 Å². The Bertz CT molecular complexity index is 1080. The molecule has 0 aromatic heterocycles. The summed E-state index contributed by atoms with van der Waals surface area (Å²) in [4.78, 5) is 40.1. The van der Waals surface area contributed by atoms with Gasteiger partial charge >= 0.3 is 0 Å². The summed E-state index contributed by atoms with van der Waals surface area (Å²) in [5.74, 6) is 0.381. The maximum Gasteiger partial charge on any atom is 0.251 e. The van der Waals surface area contributed by atoms with E-state index >= 15 is 0 Å². The summed E-state index contributed by atoms with van der Waals surface area (Å²) in [6, 6.07) is 0. The van der Waals surface area contributed by atoms with Crippen LogP contribution in [0.4, 0.5) is 0 Å². The van der Waals surface area contributed by atoms with Gasteiger partial charge in [0, 0.05) is 30.3 Å². The minimum Gasteiger partial charge on any atom is -0.351 e. The summed E-state index contributed by atoms with van der Waals surface area (Å²) in [6.45, 7) is 15.7. The molecular formula is C31H48N2O4. The van der Waals surface area contributed by atoms with Crippen LogP contribution in [-0.2, 0) is 14.4 Å². The molecule has 0 aromatic carbocycles. The molecule has 1 aliphatic heterocycles. The van der Waals surface area contributed by atoms with E-state index in [4.69, 9.17) is 0 Å². The molecule has 4 aliphatic carbocycles. The van der Waals surface area contributed by atoms with Crippen molar-refractivity contribution in [3.63, 3.8) is 0 Å². The van der Waals surface area contributed by atoms with Gasteiger partial charge in [-0.25, -0.2) is 5.06 Å². The van der Waals surface area contributed by atoms with E-state index in [-0.39, 0.29) is 62.6 Å². The summed E-state index contributed by atoms with van der Waals surface area (Å²) in [6.07, 6.45) is 9.70. The number of hydrogen-bond donors (Lipinski definition) is 2. The summed E-state index contributed by atoms with van der Waals surface area (Å²) in [5.41, 5.74) is -0.246. The predicted molar refractivity (Wildman–Crippen MR) is 142 cm³/mol. The van der Waals surface area contributed by atoms with Crippen molar-refractivity contribution < 1.29 is 19.6 Å². The summed E-state index contributed by atoms with van der Waals surface area (Å²) in [7, 11) is 1.42. The van der Waals surface area contributed by atoms with Gasteiger partial charge in [0.2, 0.25) is 5.91 Å². The fraction of sp³-hybridized carbons (Fsp3) is 0.839. The van der Waals surface area contributed by atoms with E-state index in [2.05, 4.69) is 46.9 Å². The van der Waals surface area contributed by atoms with Gasteiger partial charge in [0.1, 0.15) is 0 Å². The third kappa shape index (κ3) is 3.49. The first-order valence-electron chi connectivity index (χ1n) is 14.5. The highest BCUT2D eigenvalue weighted by atomic mass is 16.5. The lowest BCUT2D eigenvalue weighted by molar-refractivity contribution is -0.180. The number of hydrogen-bond acceptors (Lipinski definition) is 4. The van der Waals surface area contributed by atoms with Crippen molar-refractivity contribution in [2.24, 2.45) is 44.8 Å². The normalized spacial score (nSPS) is 48.8. The van der Waals surface area contributed by atoms with Gasteiger partial charge < -0.3 is 5.32 Å². The topological polar surface area (TPSA) is 86.7 Å². The van der Waals surface area contributed by atoms with Crippen LogP contribution in [0.15, 0.2) is 11.6 Å². The number of allylic oxidation sites excluding steroid dienone is 2. The van der Waals surface area contributed by atoms with Crippen LogP contribution in [0.1, 0.15) is 106 Å². The number of rotatable bonds is 1. The SMILES string of the molecule is CN(O)C(=O)C1(C)CCC2(C)CCC3(C)C(=CC(=O)C4C5(C)CCC(=O)NC(C)(C)C5CCC43C)C2C1. The van der Waals surface area contributed by atoms with Crippen molar-refractivity contribution in [3.05, 3.63) is 11.6 Å². The minimum absolute atomic E-state index is 0.0599. The van der Waals surface area contributed by atoms with E-state index in [9.17, 15) is 19.6 Å². The standard InChI is InChI=1S/C31H48N2O4/c1-26(2)22-9-12-31(7)24(29(22,5)11-10-23(35)32-26)21(34)17-19-20-18-28(4,25(36)33(8)37)14-13-27(20,3)15-16-30(19,31)6/h17,20,22,24,37H,9-16,18H2,1-8H3,(H,32,35). The van der Waals surface area contributed by atoms with Crippen LogP contribution in [0.5, 0.6) is 0 Å². The van der Waals surface area contributed by atoms with Gasteiger partial charge in [0.25, 0.3) is 5.91 Å². The predicted octanol–water partition coefficient (Wildman–Crippen LogP) is 5.68. The van der Waals surface area contributed by atoms with Gasteiger partial charge in [-0.3, -0.25) is 19.6 Å². The number of carbonyl (C=O) groups excluding carboxylic acids is 3. The number of nitrogens with one attached hydrogen (secondary N) is 1. The van der Waals surface area contributed by atoms with E-state index in [1.54, 1.807) is 0 Å². The van der Waals surface area contributed by atoms with Crippen LogP contribution < -0.4 is 5.32 Å². The van der Waals surface area contributed by atoms with Crippen molar-refractivity contribution in [2.75, 3.05) is 7.05 Å². The summed E-state index contributed by atoms with van der Waals surface area (Å²) < 4.78 is 0. The van der Waals surface area contributed by atoms with Crippen molar-refractivity contribution in [1.82, 2.24) is 10.4 Å². The molecule has 206 valence electrons. The Hall–Kier alpha value is -1.69. The quantitative estimate of drug-likeness (QED) is 0.349. The number of nitrogens with zero attached hydrogens (tertiary/aromatic N) is 1. The first kappa shape index (κ1) is 26.9. The minimum atomic E-state index is -0.630. The lowest BCUT2D eigenvalue weighted by Crippen LogP contribution is -2.66. The zero-order valence-corrected chi connectivity index (χ0v) is 24.3. The maximum atomic E-state index is 14.4. The number of fused-ring (bicyclic) bond motifs is 7. The molecule has 1 heterocycles. The molecule has 4 fully saturated rings. The number of amides is 2. The van der Waals surface area contributed by atoms with Crippen LogP contribution in [0.25, 0.3) is 0 Å². The molecule has 1 saturated heterocycles. The molecule has 5 aliphatic rings. The third-order valence-electron chi connectivity index (χ3n) is 12.9. The molecule has 6 nitrogen and oxygen atoms in total. The maximum absolute atomic E-state index is 14.4. The highest BCUT2D eigenvalue weighted by Crippen LogP contribution is 2.73. The van der Waals surface area contributed by atoms with Crippen molar-refractivity contribution >= 4 is 17.6 Å². The molecule has 5 rings (SSSR count).